The Morgan fingerprint density at radius 1 is 1.62 bits per heavy atom. The molecule has 0 heterocycles. The smallest absolute Gasteiger partial charge is 0.303 e. The largest absolute Gasteiger partial charge is 0.469 e. The van der Waals surface area contributed by atoms with Gasteiger partial charge in [0, 0.05) is 0 Å². The Kier molecular flexibility index (Phi) is 6.46. The number of phosphoric ester groups is 1. The fourth-order valence-corrected chi connectivity index (χ4v) is 0.505. The van der Waals surface area contributed by atoms with E-state index in [0.717, 1.165) is 0 Å². The Bertz CT molecular complexity index is 88.0. The van der Waals surface area contributed by atoms with E-state index in [2.05, 4.69) is 4.52 Å². The highest BCUT2D eigenvalue weighted by Crippen LogP contribution is 2.34. The van der Waals surface area contributed by atoms with Crippen LogP contribution in [0.4, 0.5) is 0 Å². The first-order valence-corrected chi connectivity index (χ1v) is 3.29. The zero-order valence-corrected chi connectivity index (χ0v) is 4.76. The van der Waals surface area contributed by atoms with Crippen LogP contribution in [0.1, 0.15) is 6.92 Å². The van der Waals surface area contributed by atoms with Crippen LogP contribution in [0.15, 0.2) is 0 Å². The second-order valence-electron chi connectivity index (χ2n) is 0.908. The molecule has 50 valence electrons. The summed E-state index contributed by atoms with van der Waals surface area (Å²) in [5.41, 5.74) is 0. The second kappa shape index (κ2) is 4.51. The van der Waals surface area contributed by atoms with Gasteiger partial charge in [-0.3, -0.25) is 4.52 Å². The maximum Gasteiger partial charge on any atom is 0.469 e. The molecule has 0 bridgehead atoms. The molecular weight excluding hydrogens is 146 g/mol. The minimum Gasteiger partial charge on any atom is -0.303 e. The zero-order chi connectivity index (χ0) is 5.91. The van der Waals surface area contributed by atoms with Gasteiger partial charge in [-0.1, -0.05) is 0 Å². The molecule has 4 nitrogen and oxygen atoms in total. The molecule has 0 aromatic heterocycles. The summed E-state index contributed by atoms with van der Waals surface area (Å²) in [4.78, 5) is 15.8. The number of rotatable bonds is 2. The summed E-state index contributed by atoms with van der Waals surface area (Å²) < 4.78 is 13.6. The van der Waals surface area contributed by atoms with Gasteiger partial charge in [-0.05, 0) is 6.92 Å². The summed E-state index contributed by atoms with van der Waals surface area (Å²) >= 11 is 0. The topological polar surface area (TPSA) is 66.8 Å². The molecule has 0 spiro atoms. The Morgan fingerprint density at radius 2 is 2.00 bits per heavy atom. The van der Waals surface area contributed by atoms with Gasteiger partial charge in [-0.15, -0.1) is 0 Å². The van der Waals surface area contributed by atoms with Crippen LogP contribution in [0, 0.1) is 0 Å². The molecule has 0 aromatic carbocycles. The SMILES string of the molecule is CCOP(=O)(O)O.[AlH3]. The molecule has 0 aliphatic carbocycles. The molecule has 8 heavy (non-hydrogen) atoms. The standard InChI is InChI=1S/C2H7O4P.Al.3H/c1-2-6-7(3,4)5;;;;/h2H2,1H3,(H2,3,4,5);;;;. The summed E-state index contributed by atoms with van der Waals surface area (Å²) in [6.07, 6.45) is 0. The van der Waals surface area contributed by atoms with E-state index in [4.69, 9.17) is 9.79 Å². The molecule has 0 aliphatic heterocycles. The van der Waals surface area contributed by atoms with Crippen molar-refractivity contribution in [3.05, 3.63) is 0 Å². The van der Waals surface area contributed by atoms with E-state index in [1.165, 1.54) is 6.92 Å². The Hall–Kier alpha value is 0.642. The third-order valence-corrected chi connectivity index (χ3v) is 0.892. The number of hydrogen-bond acceptors (Lipinski definition) is 2. The van der Waals surface area contributed by atoms with Gasteiger partial charge in [0.15, 0.2) is 17.4 Å². The Labute approximate surface area is 58.2 Å². The number of phosphoric acid groups is 1. The minimum atomic E-state index is -4.17. The molecule has 0 saturated carbocycles. The van der Waals surface area contributed by atoms with E-state index in [9.17, 15) is 4.57 Å². The van der Waals surface area contributed by atoms with Crippen LogP contribution in [0.3, 0.4) is 0 Å². The van der Waals surface area contributed by atoms with Crippen molar-refractivity contribution in [1.29, 1.82) is 0 Å². The van der Waals surface area contributed by atoms with Gasteiger partial charge < -0.3 is 9.79 Å². The van der Waals surface area contributed by atoms with Gasteiger partial charge in [-0.25, -0.2) is 4.57 Å². The van der Waals surface area contributed by atoms with Crippen LogP contribution in [0.2, 0.25) is 0 Å². The third kappa shape index (κ3) is 9.81. The first-order chi connectivity index (χ1) is 3.06. The van der Waals surface area contributed by atoms with Crippen molar-refractivity contribution in [2.24, 2.45) is 0 Å². The molecule has 0 fully saturated rings. The lowest BCUT2D eigenvalue weighted by Crippen LogP contribution is -1.84. The highest BCUT2D eigenvalue weighted by atomic mass is 31.2. The maximum atomic E-state index is 9.70. The lowest BCUT2D eigenvalue weighted by atomic mass is 10.9. The average Bonchev–Trinajstić information content (AvgIpc) is 1.30. The van der Waals surface area contributed by atoms with Crippen molar-refractivity contribution in [3.8, 4) is 0 Å². The van der Waals surface area contributed by atoms with Gasteiger partial charge in [-0.2, -0.15) is 0 Å². The van der Waals surface area contributed by atoms with Crippen LogP contribution < -0.4 is 0 Å². The molecule has 0 saturated heterocycles. The first kappa shape index (κ1) is 11.4. The molecule has 0 unspecified atom stereocenters. The average molecular weight is 156 g/mol. The predicted octanol–water partition coefficient (Wildman–Crippen LogP) is -1.07. The summed E-state index contributed by atoms with van der Waals surface area (Å²) in [6, 6.07) is 0. The molecular formula is C2H10AlO4P. The van der Waals surface area contributed by atoms with Crippen LogP contribution in [-0.2, 0) is 9.09 Å². The molecule has 0 rings (SSSR count). The predicted molar refractivity (Wildman–Crippen MR) is 33.6 cm³/mol. The zero-order valence-electron chi connectivity index (χ0n) is 3.87. The second-order valence-corrected chi connectivity index (χ2v) is 2.15. The Balaban J connectivity index is 0. The molecule has 0 aliphatic rings. The van der Waals surface area contributed by atoms with Crippen molar-refractivity contribution in [2.75, 3.05) is 6.61 Å². The van der Waals surface area contributed by atoms with Gasteiger partial charge in [0.25, 0.3) is 0 Å². The molecule has 0 amide bonds. The highest BCUT2D eigenvalue weighted by molar-refractivity contribution is 7.46. The van der Waals surface area contributed by atoms with Crippen LogP contribution >= 0.6 is 7.82 Å². The number of hydrogen-bond donors (Lipinski definition) is 2. The van der Waals surface area contributed by atoms with E-state index in [1.54, 1.807) is 0 Å². The quantitative estimate of drug-likeness (QED) is 0.394. The van der Waals surface area contributed by atoms with Crippen LogP contribution in [0.5, 0.6) is 0 Å². The molecule has 0 radical (unpaired) electrons. The first-order valence-electron chi connectivity index (χ1n) is 1.76. The van der Waals surface area contributed by atoms with Crippen LogP contribution in [0.25, 0.3) is 0 Å². The highest BCUT2D eigenvalue weighted by Gasteiger charge is 2.10. The Morgan fingerprint density at radius 3 is 2.00 bits per heavy atom. The monoisotopic (exact) mass is 156 g/mol. The fraction of sp³-hybridized carbons (Fsp3) is 1.00. The maximum absolute atomic E-state index is 9.70. The fourth-order valence-electron chi connectivity index (χ4n) is 0.168. The lowest BCUT2D eigenvalue weighted by Gasteiger charge is -1.98. The van der Waals surface area contributed by atoms with Gasteiger partial charge in [0.05, 0.1) is 6.61 Å². The summed E-state index contributed by atoms with van der Waals surface area (Å²) in [5, 5.41) is 0. The van der Waals surface area contributed by atoms with Crippen molar-refractivity contribution >= 4 is 25.2 Å². The van der Waals surface area contributed by atoms with E-state index in [0.29, 0.717) is 0 Å². The van der Waals surface area contributed by atoms with Crippen molar-refractivity contribution < 1.29 is 18.9 Å². The lowest BCUT2D eigenvalue weighted by molar-refractivity contribution is 0.206. The van der Waals surface area contributed by atoms with Crippen LogP contribution in [-0.4, -0.2) is 33.8 Å². The van der Waals surface area contributed by atoms with E-state index in [1.807, 2.05) is 0 Å². The third-order valence-electron chi connectivity index (χ3n) is 0.297. The molecule has 0 atom stereocenters. The molecule has 0 aromatic rings. The van der Waals surface area contributed by atoms with E-state index < -0.39 is 7.82 Å². The summed E-state index contributed by atoms with van der Waals surface area (Å²) in [7, 11) is -4.17. The van der Waals surface area contributed by atoms with Gasteiger partial charge >= 0.3 is 7.82 Å². The molecule has 2 N–H and O–H groups in total. The summed E-state index contributed by atoms with van der Waals surface area (Å²) in [5.74, 6) is 0. The van der Waals surface area contributed by atoms with Crippen molar-refractivity contribution in [2.45, 2.75) is 6.92 Å². The van der Waals surface area contributed by atoms with Crippen molar-refractivity contribution in [3.63, 3.8) is 0 Å². The van der Waals surface area contributed by atoms with Gasteiger partial charge in [0.1, 0.15) is 0 Å². The van der Waals surface area contributed by atoms with E-state index >= 15 is 0 Å². The summed E-state index contributed by atoms with van der Waals surface area (Å²) in [6.45, 7) is 1.56. The molecule has 6 heteroatoms. The van der Waals surface area contributed by atoms with Crippen molar-refractivity contribution in [1.82, 2.24) is 0 Å². The normalized spacial score (nSPS) is 10.4. The van der Waals surface area contributed by atoms with Gasteiger partial charge in [0.2, 0.25) is 0 Å². The van der Waals surface area contributed by atoms with E-state index in [-0.39, 0.29) is 24.0 Å². The minimum absolute atomic E-state index is 0.